The maximum Gasteiger partial charge on any atom is 0.338 e. The van der Waals surface area contributed by atoms with Gasteiger partial charge in [-0.1, -0.05) is 35.9 Å². The fraction of sp³-hybridized carbons (Fsp3) is 0.167. The lowest BCUT2D eigenvalue weighted by Gasteiger charge is -2.24. The van der Waals surface area contributed by atoms with Gasteiger partial charge in [0, 0.05) is 5.69 Å². The zero-order valence-electron chi connectivity index (χ0n) is 18.5. The van der Waals surface area contributed by atoms with Gasteiger partial charge in [-0.3, -0.25) is 9.10 Å². The molecule has 0 aromatic heterocycles. The molecule has 34 heavy (non-hydrogen) atoms. The van der Waals surface area contributed by atoms with Crippen LogP contribution in [-0.4, -0.2) is 40.6 Å². The van der Waals surface area contributed by atoms with Crippen LogP contribution in [0.5, 0.6) is 5.75 Å². The van der Waals surface area contributed by atoms with Gasteiger partial charge in [0.2, 0.25) is 5.91 Å². The van der Waals surface area contributed by atoms with E-state index < -0.39 is 28.4 Å². The molecule has 3 aromatic carbocycles. The zero-order chi connectivity index (χ0) is 24.7. The molecule has 0 unspecified atom stereocenters. The van der Waals surface area contributed by atoms with Crippen molar-refractivity contribution < 1.29 is 27.5 Å². The first-order valence-electron chi connectivity index (χ1n) is 10.2. The molecule has 10 heteroatoms. The van der Waals surface area contributed by atoms with Gasteiger partial charge in [0.1, 0.15) is 12.3 Å². The van der Waals surface area contributed by atoms with E-state index in [-0.39, 0.29) is 27.8 Å². The number of esters is 1. The molecule has 0 aliphatic heterocycles. The number of nitrogens with one attached hydrogen (secondary N) is 1. The van der Waals surface area contributed by atoms with Crippen molar-refractivity contribution in [2.24, 2.45) is 0 Å². The van der Waals surface area contributed by atoms with Crippen molar-refractivity contribution in [3.05, 3.63) is 83.4 Å². The predicted octanol–water partition coefficient (Wildman–Crippen LogP) is 4.36. The van der Waals surface area contributed by atoms with Gasteiger partial charge in [0.05, 0.1) is 34.9 Å². The number of methoxy groups -OCH3 is 1. The molecule has 1 N–H and O–H groups in total. The van der Waals surface area contributed by atoms with Crippen molar-refractivity contribution in [3.63, 3.8) is 0 Å². The Morgan fingerprint density at radius 1 is 1.00 bits per heavy atom. The molecular weight excluding hydrogens is 480 g/mol. The Morgan fingerprint density at radius 2 is 1.74 bits per heavy atom. The zero-order valence-corrected chi connectivity index (χ0v) is 20.1. The highest BCUT2D eigenvalue weighted by atomic mass is 35.5. The Kier molecular flexibility index (Phi) is 8.14. The minimum absolute atomic E-state index is 0.0130. The van der Waals surface area contributed by atoms with Crippen LogP contribution in [-0.2, 0) is 19.6 Å². The summed E-state index contributed by atoms with van der Waals surface area (Å²) in [6.45, 7) is 1.37. The molecule has 0 bridgehead atoms. The van der Waals surface area contributed by atoms with Crippen LogP contribution in [0.25, 0.3) is 0 Å². The molecule has 0 atom stereocenters. The first-order chi connectivity index (χ1) is 16.3. The Labute approximate surface area is 203 Å². The van der Waals surface area contributed by atoms with Gasteiger partial charge in [-0.05, 0) is 55.5 Å². The number of hydrogen-bond donors (Lipinski definition) is 1. The molecule has 1 amide bonds. The van der Waals surface area contributed by atoms with E-state index in [0.717, 1.165) is 4.31 Å². The van der Waals surface area contributed by atoms with Crippen LogP contribution in [0, 0.1) is 0 Å². The third-order valence-corrected chi connectivity index (χ3v) is 6.78. The highest BCUT2D eigenvalue weighted by Crippen LogP contribution is 2.32. The number of ether oxygens (including phenoxy) is 2. The highest BCUT2D eigenvalue weighted by Gasteiger charge is 2.28. The Hall–Kier alpha value is -3.56. The molecular formula is C24H23ClN2O6S. The first kappa shape index (κ1) is 25.1. The second kappa shape index (κ2) is 11.0. The maximum atomic E-state index is 13.4. The summed E-state index contributed by atoms with van der Waals surface area (Å²) in [5.74, 6) is -0.782. The first-order valence-corrected chi connectivity index (χ1v) is 12.1. The lowest BCUT2D eigenvalue weighted by molar-refractivity contribution is -0.114. The molecule has 8 nitrogen and oxygen atoms in total. The summed E-state index contributed by atoms with van der Waals surface area (Å²) in [5.41, 5.74) is 0.765. The van der Waals surface area contributed by atoms with E-state index in [1.807, 2.05) is 0 Å². The minimum Gasteiger partial charge on any atom is -0.495 e. The SMILES string of the molecule is CCOC(=O)c1cccc(NC(=O)CN(c2ccc(OC)c(Cl)c2)S(=O)(=O)c2ccccc2)c1. The van der Waals surface area contributed by atoms with Gasteiger partial charge < -0.3 is 14.8 Å². The number of nitrogens with zero attached hydrogens (tertiary/aromatic N) is 1. The largest absolute Gasteiger partial charge is 0.495 e. The molecule has 0 spiro atoms. The van der Waals surface area contributed by atoms with Gasteiger partial charge in [0.15, 0.2) is 0 Å². The molecule has 3 aromatic rings. The van der Waals surface area contributed by atoms with Crippen LogP contribution in [0.2, 0.25) is 5.02 Å². The quantitative estimate of drug-likeness (QED) is 0.436. The van der Waals surface area contributed by atoms with E-state index >= 15 is 0 Å². The molecule has 0 aliphatic rings. The molecule has 0 saturated heterocycles. The van der Waals surface area contributed by atoms with Crippen molar-refractivity contribution in [2.75, 3.05) is 29.9 Å². The summed E-state index contributed by atoms with van der Waals surface area (Å²) in [6.07, 6.45) is 0. The number of anilines is 2. The summed E-state index contributed by atoms with van der Waals surface area (Å²) in [5, 5.41) is 2.82. The number of benzene rings is 3. The van der Waals surface area contributed by atoms with Crippen LogP contribution in [0.3, 0.4) is 0 Å². The molecule has 3 rings (SSSR count). The van der Waals surface area contributed by atoms with Crippen LogP contribution >= 0.6 is 11.6 Å². The van der Waals surface area contributed by atoms with Crippen molar-refractivity contribution in [1.82, 2.24) is 0 Å². The topological polar surface area (TPSA) is 102 Å². The summed E-state index contributed by atoms with van der Waals surface area (Å²) in [6, 6.07) is 18.4. The van der Waals surface area contributed by atoms with Crippen molar-refractivity contribution in [1.29, 1.82) is 0 Å². The number of halogens is 1. The molecule has 0 radical (unpaired) electrons. The number of sulfonamides is 1. The van der Waals surface area contributed by atoms with E-state index in [4.69, 9.17) is 21.1 Å². The number of amides is 1. The minimum atomic E-state index is -4.11. The normalized spacial score (nSPS) is 10.9. The van der Waals surface area contributed by atoms with Crippen LogP contribution < -0.4 is 14.4 Å². The molecule has 0 aliphatic carbocycles. The summed E-state index contributed by atoms with van der Waals surface area (Å²) < 4.78 is 37.9. The molecule has 178 valence electrons. The second-order valence-corrected chi connectivity index (χ2v) is 9.26. The van der Waals surface area contributed by atoms with Crippen LogP contribution in [0.1, 0.15) is 17.3 Å². The Balaban J connectivity index is 1.92. The lowest BCUT2D eigenvalue weighted by Crippen LogP contribution is -2.38. The van der Waals surface area contributed by atoms with Crippen LogP contribution in [0.15, 0.2) is 77.7 Å². The van der Waals surface area contributed by atoms with E-state index in [9.17, 15) is 18.0 Å². The second-order valence-electron chi connectivity index (χ2n) is 6.99. The fourth-order valence-electron chi connectivity index (χ4n) is 3.11. The third kappa shape index (κ3) is 5.86. The monoisotopic (exact) mass is 502 g/mol. The van der Waals surface area contributed by atoms with Gasteiger partial charge >= 0.3 is 5.97 Å². The Morgan fingerprint density at radius 3 is 2.38 bits per heavy atom. The standard InChI is InChI=1S/C24H23ClN2O6S/c1-3-33-24(29)17-8-7-9-18(14-17)26-23(28)16-27(19-12-13-22(32-2)21(25)15-19)34(30,31)20-10-5-4-6-11-20/h4-15H,3,16H2,1-2H3,(H,26,28). The summed E-state index contributed by atoms with van der Waals surface area (Å²) in [7, 11) is -2.67. The van der Waals surface area contributed by atoms with Gasteiger partial charge in [-0.2, -0.15) is 0 Å². The lowest BCUT2D eigenvalue weighted by atomic mass is 10.2. The molecule has 0 saturated carbocycles. The number of rotatable bonds is 9. The third-order valence-electron chi connectivity index (χ3n) is 4.70. The highest BCUT2D eigenvalue weighted by molar-refractivity contribution is 7.92. The fourth-order valence-corrected chi connectivity index (χ4v) is 4.80. The van der Waals surface area contributed by atoms with Crippen LogP contribution in [0.4, 0.5) is 11.4 Å². The Bertz CT molecular complexity index is 1280. The average molecular weight is 503 g/mol. The average Bonchev–Trinajstić information content (AvgIpc) is 2.83. The van der Waals surface area contributed by atoms with Gasteiger partial charge in [-0.15, -0.1) is 0 Å². The maximum absolute atomic E-state index is 13.4. The summed E-state index contributed by atoms with van der Waals surface area (Å²) in [4.78, 5) is 24.9. The summed E-state index contributed by atoms with van der Waals surface area (Å²) >= 11 is 6.22. The van der Waals surface area contributed by atoms with E-state index in [2.05, 4.69) is 5.32 Å². The van der Waals surface area contributed by atoms with E-state index in [1.54, 1.807) is 43.3 Å². The molecule has 0 heterocycles. The smallest absolute Gasteiger partial charge is 0.338 e. The number of carbonyl (C=O) groups excluding carboxylic acids is 2. The van der Waals surface area contributed by atoms with E-state index in [0.29, 0.717) is 11.4 Å². The van der Waals surface area contributed by atoms with Gasteiger partial charge in [-0.25, -0.2) is 13.2 Å². The van der Waals surface area contributed by atoms with Crippen molar-refractivity contribution in [3.8, 4) is 5.75 Å². The van der Waals surface area contributed by atoms with Crippen molar-refractivity contribution >= 4 is 44.9 Å². The van der Waals surface area contributed by atoms with E-state index in [1.165, 1.54) is 43.5 Å². The van der Waals surface area contributed by atoms with Gasteiger partial charge in [0.25, 0.3) is 10.0 Å². The number of hydrogen-bond acceptors (Lipinski definition) is 6. The number of carbonyl (C=O) groups is 2. The predicted molar refractivity (Wildman–Crippen MR) is 130 cm³/mol. The van der Waals surface area contributed by atoms with Crippen molar-refractivity contribution in [2.45, 2.75) is 11.8 Å². The molecule has 0 fully saturated rings.